The molecular weight excluding hydrogens is 384 g/mol. The van der Waals surface area contributed by atoms with Crippen molar-refractivity contribution in [3.05, 3.63) is 65.2 Å². The van der Waals surface area contributed by atoms with Crippen molar-refractivity contribution < 1.29 is 32.6 Å². The Labute approximate surface area is 167 Å². The van der Waals surface area contributed by atoms with Crippen molar-refractivity contribution in [1.29, 1.82) is 0 Å². The van der Waals surface area contributed by atoms with Crippen molar-refractivity contribution in [2.75, 3.05) is 20.8 Å². The van der Waals surface area contributed by atoms with Gasteiger partial charge in [0, 0.05) is 23.8 Å². The van der Waals surface area contributed by atoms with Crippen molar-refractivity contribution in [2.24, 2.45) is 0 Å². The van der Waals surface area contributed by atoms with Gasteiger partial charge < -0.3 is 19.5 Å². The zero-order chi connectivity index (χ0) is 21.4. The van der Waals surface area contributed by atoms with Gasteiger partial charge in [-0.15, -0.1) is 0 Å². The van der Waals surface area contributed by atoms with E-state index in [4.69, 9.17) is 14.2 Å². The van der Waals surface area contributed by atoms with Gasteiger partial charge in [0.1, 0.15) is 23.1 Å². The van der Waals surface area contributed by atoms with Crippen LogP contribution in [0.1, 0.15) is 24.1 Å². The molecule has 1 atom stereocenters. The van der Waals surface area contributed by atoms with E-state index in [0.29, 0.717) is 17.1 Å². The maximum absolute atomic E-state index is 13.7. The van der Waals surface area contributed by atoms with E-state index in [1.165, 1.54) is 33.3 Å². The minimum absolute atomic E-state index is 0.123. The van der Waals surface area contributed by atoms with Crippen LogP contribution in [0.4, 0.5) is 8.78 Å². The molecule has 2 aromatic carbocycles. The molecule has 0 saturated carbocycles. The number of ether oxygens (including phenoxy) is 3. The van der Waals surface area contributed by atoms with Crippen LogP contribution in [0.25, 0.3) is 6.08 Å². The first kappa shape index (κ1) is 21.9. The third-order valence-electron chi connectivity index (χ3n) is 3.94. The Balaban J connectivity index is 1.88. The first-order chi connectivity index (χ1) is 13.8. The van der Waals surface area contributed by atoms with E-state index < -0.39 is 36.2 Å². The summed E-state index contributed by atoms with van der Waals surface area (Å²) in [5.74, 6) is -1.73. The van der Waals surface area contributed by atoms with Crippen molar-refractivity contribution >= 4 is 18.0 Å². The second kappa shape index (κ2) is 10.2. The highest BCUT2D eigenvalue weighted by molar-refractivity contribution is 5.89. The van der Waals surface area contributed by atoms with E-state index in [-0.39, 0.29) is 5.56 Å². The molecule has 154 valence electrons. The summed E-state index contributed by atoms with van der Waals surface area (Å²) in [6.45, 7) is 0.990. The summed E-state index contributed by atoms with van der Waals surface area (Å²) in [5.41, 5.74) is 0.765. The van der Waals surface area contributed by atoms with E-state index in [2.05, 4.69) is 5.32 Å². The first-order valence-electron chi connectivity index (χ1n) is 8.64. The number of carbonyl (C=O) groups excluding carboxylic acids is 2. The molecule has 0 radical (unpaired) electrons. The topological polar surface area (TPSA) is 73.9 Å². The Hall–Kier alpha value is -3.42. The quantitative estimate of drug-likeness (QED) is 0.538. The molecule has 1 N–H and O–H groups in total. The van der Waals surface area contributed by atoms with Gasteiger partial charge in [0.2, 0.25) is 0 Å². The van der Waals surface area contributed by atoms with E-state index in [1.54, 1.807) is 18.2 Å². The first-order valence-corrected chi connectivity index (χ1v) is 8.64. The van der Waals surface area contributed by atoms with Gasteiger partial charge in [0.15, 0.2) is 6.61 Å². The molecular formula is C21H21F2NO5. The molecule has 1 amide bonds. The highest BCUT2D eigenvalue weighted by atomic mass is 19.1. The van der Waals surface area contributed by atoms with Gasteiger partial charge in [-0.2, -0.15) is 0 Å². The maximum Gasteiger partial charge on any atom is 0.331 e. The van der Waals surface area contributed by atoms with Crippen LogP contribution in [-0.2, 0) is 14.3 Å². The Morgan fingerprint density at radius 2 is 1.72 bits per heavy atom. The number of carbonyl (C=O) groups is 2. The molecule has 0 fully saturated rings. The molecule has 6 nitrogen and oxygen atoms in total. The van der Waals surface area contributed by atoms with E-state index in [0.717, 1.165) is 18.2 Å². The second-order valence-electron chi connectivity index (χ2n) is 6.04. The van der Waals surface area contributed by atoms with Crippen LogP contribution in [0.15, 0.2) is 42.5 Å². The van der Waals surface area contributed by atoms with E-state index in [9.17, 15) is 18.4 Å². The van der Waals surface area contributed by atoms with Crippen molar-refractivity contribution in [3.63, 3.8) is 0 Å². The Morgan fingerprint density at radius 1 is 1.07 bits per heavy atom. The lowest BCUT2D eigenvalue weighted by Crippen LogP contribution is -2.31. The van der Waals surface area contributed by atoms with Crippen LogP contribution < -0.4 is 14.8 Å². The minimum atomic E-state index is -0.772. The van der Waals surface area contributed by atoms with E-state index in [1.807, 2.05) is 0 Å². The van der Waals surface area contributed by atoms with Crippen molar-refractivity contribution in [3.8, 4) is 11.5 Å². The number of hydrogen-bond acceptors (Lipinski definition) is 5. The molecule has 0 aliphatic rings. The number of nitrogens with one attached hydrogen (secondary N) is 1. The third-order valence-corrected chi connectivity index (χ3v) is 3.94. The third kappa shape index (κ3) is 6.60. The van der Waals surface area contributed by atoms with Crippen LogP contribution in [0.3, 0.4) is 0 Å². The molecule has 2 aromatic rings. The number of hydrogen-bond donors (Lipinski definition) is 1. The largest absolute Gasteiger partial charge is 0.497 e. The summed E-state index contributed by atoms with van der Waals surface area (Å²) >= 11 is 0. The minimum Gasteiger partial charge on any atom is -0.497 e. The average molecular weight is 405 g/mol. The number of amides is 1. The molecule has 0 saturated heterocycles. The Bertz CT molecular complexity index is 892. The summed E-state index contributed by atoms with van der Waals surface area (Å²) in [4.78, 5) is 23.7. The normalized spacial score (nSPS) is 11.8. The maximum atomic E-state index is 13.7. The predicted molar refractivity (Wildman–Crippen MR) is 102 cm³/mol. The van der Waals surface area contributed by atoms with Crippen LogP contribution in [-0.4, -0.2) is 32.7 Å². The lowest BCUT2D eigenvalue weighted by Gasteiger charge is -2.15. The molecule has 0 heterocycles. The highest BCUT2D eigenvalue weighted by Gasteiger charge is 2.15. The zero-order valence-electron chi connectivity index (χ0n) is 16.2. The van der Waals surface area contributed by atoms with Crippen LogP contribution in [0.5, 0.6) is 11.5 Å². The molecule has 0 spiro atoms. The fraction of sp³-hybridized carbons (Fsp3) is 0.238. The van der Waals surface area contributed by atoms with Crippen molar-refractivity contribution in [2.45, 2.75) is 13.0 Å². The molecule has 0 unspecified atom stereocenters. The van der Waals surface area contributed by atoms with Gasteiger partial charge in [-0.1, -0.05) is 6.07 Å². The molecule has 8 heteroatoms. The predicted octanol–water partition coefficient (Wildman–Crippen LogP) is 3.42. The summed E-state index contributed by atoms with van der Waals surface area (Å²) in [5, 5.41) is 2.48. The van der Waals surface area contributed by atoms with Gasteiger partial charge in [0.25, 0.3) is 5.91 Å². The van der Waals surface area contributed by atoms with Crippen LogP contribution >= 0.6 is 0 Å². The standard InChI is InChI=1S/C21H21F2NO5/c1-13(18-6-5-15(22)10-19(18)23)24-20(25)12-29-21(26)7-4-14-8-16(27-2)11-17(9-14)28-3/h4-11,13H,12H2,1-3H3,(H,24,25)/b7-4+/t13-/m0/s1. The van der Waals surface area contributed by atoms with Gasteiger partial charge in [0.05, 0.1) is 20.3 Å². The molecule has 0 bridgehead atoms. The zero-order valence-corrected chi connectivity index (χ0v) is 16.2. The van der Waals surface area contributed by atoms with Crippen LogP contribution in [0, 0.1) is 11.6 Å². The summed E-state index contributed by atoms with van der Waals surface area (Å²) in [7, 11) is 3.02. The number of halogens is 2. The van der Waals surface area contributed by atoms with E-state index >= 15 is 0 Å². The average Bonchev–Trinajstić information content (AvgIpc) is 2.70. The van der Waals surface area contributed by atoms with Gasteiger partial charge >= 0.3 is 5.97 Å². The fourth-order valence-corrected chi connectivity index (χ4v) is 2.49. The summed E-state index contributed by atoms with van der Waals surface area (Å²) in [6, 6.07) is 7.42. The highest BCUT2D eigenvalue weighted by Crippen LogP contribution is 2.23. The monoisotopic (exact) mass is 405 g/mol. The smallest absolute Gasteiger partial charge is 0.331 e. The summed E-state index contributed by atoms with van der Waals surface area (Å²) < 4.78 is 41.8. The fourth-order valence-electron chi connectivity index (χ4n) is 2.49. The molecule has 0 aliphatic heterocycles. The second-order valence-corrected chi connectivity index (χ2v) is 6.04. The molecule has 29 heavy (non-hydrogen) atoms. The number of methoxy groups -OCH3 is 2. The van der Waals surface area contributed by atoms with Crippen molar-refractivity contribution in [1.82, 2.24) is 5.32 Å². The van der Waals surface area contributed by atoms with Gasteiger partial charge in [-0.05, 0) is 36.8 Å². The number of esters is 1. The summed E-state index contributed by atoms with van der Waals surface area (Å²) in [6.07, 6.45) is 2.65. The SMILES string of the molecule is COc1cc(/C=C/C(=O)OCC(=O)N[C@@H](C)c2ccc(F)cc2F)cc(OC)c1. The lowest BCUT2D eigenvalue weighted by molar-refractivity contribution is -0.144. The number of rotatable bonds is 8. The Morgan fingerprint density at radius 3 is 2.31 bits per heavy atom. The molecule has 0 aromatic heterocycles. The Kier molecular flexibility index (Phi) is 7.70. The van der Waals surface area contributed by atoms with Gasteiger partial charge in [-0.25, -0.2) is 13.6 Å². The lowest BCUT2D eigenvalue weighted by atomic mass is 10.1. The van der Waals surface area contributed by atoms with Crippen LogP contribution in [0.2, 0.25) is 0 Å². The van der Waals surface area contributed by atoms with Gasteiger partial charge in [-0.3, -0.25) is 4.79 Å². The molecule has 0 aliphatic carbocycles. The molecule has 2 rings (SSSR count). The number of benzene rings is 2.